The van der Waals surface area contributed by atoms with Gasteiger partial charge in [-0.2, -0.15) is 17.1 Å². The molecule has 4 aromatic rings. The summed E-state index contributed by atoms with van der Waals surface area (Å²) in [7, 11) is -4.95. The maximum atomic E-state index is 13.6. The molecule has 0 radical (unpaired) electrons. The van der Waals surface area contributed by atoms with E-state index in [0.29, 0.717) is 14.9 Å². The number of nitrogens with zero attached hydrogens (tertiary/aromatic N) is 3. The summed E-state index contributed by atoms with van der Waals surface area (Å²) in [4.78, 5) is 29.7. The van der Waals surface area contributed by atoms with Crippen molar-refractivity contribution >= 4 is 38.8 Å². The molecule has 0 N–H and O–H groups in total. The first kappa shape index (κ1) is 20.9. The van der Waals surface area contributed by atoms with Crippen molar-refractivity contribution in [2.24, 2.45) is 0 Å². The van der Waals surface area contributed by atoms with E-state index in [2.05, 4.69) is 4.98 Å². The molecule has 1 aliphatic heterocycles. The van der Waals surface area contributed by atoms with Gasteiger partial charge in [-0.25, -0.2) is 18.3 Å². The number of carbonyl (C=O) groups is 2. The van der Waals surface area contributed by atoms with Crippen LogP contribution in [0.2, 0.25) is 0 Å². The summed E-state index contributed by atoms with van der Waals surface area (Å²) in [5.74, 6) is -2.27. The van der Waals surface area contributed by atoms with Gasteiger partial charge in [0.05, 0.1) is 27.7 Å². The number of halogens is 3. The standard InChI is InChI=1S/C22H12F3N3O4S/c23-22(24,25)15-9-3-6-12-18(15)33(31,32)28-17-11-5-4-10-16(17)26-21(28)27-19(29)13-7-1-2-8-14(13)20(27)30/h1-12H. The number of hydrogen-bond donors (Lipinski definition) is 0. The number of benzene rings is 3. The lowest BCUT2D eigenvalue weighted by Gasteiger charge is -2.18. The summed E-state index contributed by atoms with van der Waals surface area (Å²) in [5, 5.41) is 0. The second kappa shape index (κ2) is 7.01. The molecule has 7 nitrogen and oxygen atoms in total. The fraction of sp³-hybridized carbons (Fsp3) is 0.0455. The lowest BCUT2D eigenvalue weighted by Crippen LogP contribution is -2.33. The molecule has 0 saturated heterocycles. The van der Waals surface area contributed by atoms with Crippen LogP contribution in [0.15, 0.2) is 77.7 Å². The van der Waals surface area contributed by atoms with Crippen LogP contribution in [0.5, 0.6) is 0 Å². The van der Waals surface area contributed by atoms with Gasteiger partial charge in [-0.1, -0.05) is 36.4 Å². The molecule has 0 fully saturated rings. The number of amides is 2. The molecule has 0 saturated carbocycles. The average Bonchev–Trinajstić information content (AvgIpc) is 3.29. The van der Waals surface area contributed by atoms with Crippen LogP contribution in [-0.2, 0) is 16.2 Å². The summed E-state index contributed by atoms with van der Waals surface area (Å²) in [6.45, 7) is 0. The highest BCUT2D eigenvalue weighted by Gasteiger charge is 2.43. The fourth-order valence-electron chi connectivity index (χ4n) is 3.76. The third-order valence-electron chi connectivity index (χ3n) is 5.21. The smallest absolute Gasteiger partial charge is 0.268 e. The molecular weight excluding hydrogens is 459 g/mol. The van der Waals surface area contributed by atoms with Gasteiger partial charge < -0.3 is 0 Å². The Morgan fingerprint density at radius 2 is 1.30 bits per heavy atom. The summed E-state index contributed by atoms with van der Waals surface area (Å²) in [6.07, 6.45) is -4.96. The molecule has 1 aromatic heterocycles. The van der Waals surface area contributed by atoms with Gasteiger partial charge in [0.1, 0.15) is 4.90 Å². The minimum absolute atomic E-state index is 0.0363. The van der Waals surface area contributed by atoms with Gasteiger partial charge in [0.25, 0.3) is 21.8 Å². The Kier molecular flexibility index (Phi) is 4.43. The predicted molar refractivity (Wildman–Crippen MR) is 111 cm³/mol. The van der Waals surface area contributed by atoms with Crippen molar-refractivity contribution in [2.75, 3.05) is 4.90 Å². The Morgan fingerprint density at radius 3 is 1.94 bits per heavy atom. The van der Waals surface area contributed by atoms with Crippen molar-refractivity contribution in [3.8, 4) is 0 Å². The number of anilines is 1. The molecule has 1 aliphatic rings. The average molecular weight is 471 g/mol. The van der Waals surface area contributed by atoms with E-state index in [1.54, 1.807) is 6.07 Å². The zero-order valence-electron chi connectivity index (χ0n) is 16.4. The summed E-state index contributed by atoms with van der Waals surface area (Å²) in [5.41, 5.74) is -1.31. The molecule has 3 aromatic carbocycles. The number of para-hydroxylation sites is 2. The van der Waals surface area contributed by atoms with Crippen LogP contribution in [0.1, 0.15) is 26.3 Å². The van der Waals surface area contributed by atoms with Crippen LogP contribution in [-0.4, -0.2) is 29.2 Å². The van der Waals surface area contributed by atoms with Crippen molar-refractivity contribution in [1.82, 2.24) is 8.96 Å². The molecule has 166 valence electrons. The van der Waals surface area contributed by atoms with E-state index in [9.17, 15) is 31.2 Å². The third kappa shape index (κ3) is 3.04. The molecule has 11 heteroatoms. The Bertz CT molecular complexity index is 1540. The van der Waals surface area contributed by atoms with E-state index >= 15 is 0 Å². The highest BCUT2D eigenvalue weighted by molar-refractivity contribution is 7.90. The molecule has 5 rings (SSSR count). The van der Waals surface area contributed by atoms with Crippen LogP contribution in [0.3, 0.4) is 0 Å². The van der Waals surface area contributed by atoms with Gasteiger partial charge in [0, 0.05) is 0 Å². The second-order valence-corrected chi connectivity index (χ2v) is 8.91. The van der Waals surface area contributed by atoms with Crippen LogP contribution >= 0.6 is 0 Å². The molecule has 2 amide bonds. The molecule has 0 unspecified atom stereocenters. The Labute approximate surface area is 184 Å². The maximum Gasteiger partial charge on any atom is 0.417 e. The van der Waals surface area contributed by atoms with Gasteiger partial charge in [-0.3, -0.25) is 9.59 Å². The van der Waals surface area contributed by atoms with E-state index < -0.39 is 44.4 Å². The fourth-order valence-corrected chi connectivity index (χ4v) is 5.42. The summed E-state index contributed by atoms with van der Waals surface area (Å²) < 4.78 is 68.6. The van der Waals surface area contributed by atoms with Crippen LogP contribution in [0, 0.1) is 0 Å². The topological polar surface area (TPSA) is 89.3 Å². The van der Waals surface area contributed by atoms with Crippen molar-refractivity contribution < 1.29 is 31.2 Å². The van der Waals surface area contributed by atoms with Crippen molar-refractivity contribution in [3.05, 3.63) is 89.5 Å². The quantitative estimate of drug-likeness (QED) is 0.420. The molecule has 2 heterocycles. The van der Waals surface area contributed by atoms with Gasteiger partial charge in [0.15, 0.2) is 0 Å². The zero-order chi connectivity index (χ0) is 23.5. The number of imidazole rings is 1. The minimum Gasteiger partial charge on any atom is -0.268 e. The first-order chi connectivity index (χ1) is 15.6. The van der Waals surface area contributed by atoms with Gasteiger partial charge >= 0.3 is 6.18 Å². The van der Waals surface area contributed by atoms with Crippen molar-refractivity contribution in [3.63, 3.8) is 0 Å². The number of hydrogen-bond acceptors (Lipinski definition) is 5. The minimum atomic E-state index is -4.96. The molecule has 0 spiro atoms. The second-order valence-electron chi connectivity index (χ2n) is 7.16. The molecule has 0 aliphatic carbocycles. The number of rotatable bonds is 3. The number of fused-ring (bicyclic) bond motifs is 2. The third-order valence-corrected chi connectivity index (χ3v) is 6.96. The van der Waals surface area contributed by atoms with Crippen LogP contribution in [0.4, 0.5) is 19.1 Å². The van der Waals surface area contributed by atoms with E-state index in [4.69, 9.17) is 0 Å². The first-order valence-electron chi connectivity index (χ1n) is 9.49. The Hall–Kier alpha value is -3.99. The molecule has 33 heavy (non-hydrogen) atoms. The lowest BCUT2D eigenvalue weighted by molar-refractivity contribution is -0.139. The zero-order valence-corrected chi connectivity index (χ0v) is 17.3. The van der Waals surface area contributed by atoms with Gasteiger partial charge in [0.2, 0.25) is 5.95 Å². The molecular formula is C22H12F3N3O4S. The van der Waals surface area contributed by atoms with E-state index in [0.717, 1.165) is 18.2 Å². The van der Waals surface area contributed by atoms with E-state index in [-0.39, 0.29) is 22.2 Å². The number of alkyl halides is 3. The van der Waals surface area contributed by atoms with Gasteiger partial charge in [-0.05, 0) is 36.4 Å². The van der Waals surface area contributed by atoms with Crippen molar-refractivity contribution in [2.45, 2.75) is 11.1 Å². The SMILES string of the molecule is O=C1c2ccccc2C(=O)N1c1nc2ccccc2n1S(=O)(=O)c1ccccc1C(F)(F)F. The van der Waals surface area contributed by atoms with Crippen LogP contribution in [0.25, 0.3) is 11.0 Å². The van der Waals surface area contributed by atoms with Gasteiger partial charge in [-0.15, -0.1) is 0 Å². The predicted octanol–water partition coefficient (Wildman–Crippen LogP) is 4.09. The number of aromatic nitrogens is 2. The number of imide groups is 1. The first-order valence-corrected chi connectivity index (χ1v) is 10.9. The molecule has 0 bridgehead atoms. The maximum absolute atomic E-state index is 13.6. The highest BCUT2D eigenvalue weighted by Crippen LogP contribution is 2.38. The summed E-state index contributed by atoms with van der Waals surface area (Å²) in [6, 6.07) is 15.3. The largest absolute Gasteiger partial charge is 0.417 e. The molecule has 0 atom stereocenters. The van der Waals surface area contributed by atoms with E-state index in [1.807, 2.05) is 0 Å². The van der Waals surface area contributed by atoms with E-state index in [1.165, 1.54) is 42.5 Å². The highest BCUT2D eigenvalue weighted by atomic mass is 32.2. The normalized spacial score (nSPS) is 14.2. The number of carbonyl (C=O) groups excluding carboxylic acids is 2. The lowest BCUT2D eigenvalue weighted by atomic mass is 10.1. The Morgan fingerprint density at radius 1 is 0.758 bits per heavy atom. The summed E-state index contributed by atoms with van der Waals surface area (Å²) >= 11 is 0. The Balaban J connectivity index is 1.81. The monoisotopic (exact) mass is 471 g/mol. The van der Waals surface area contributed by atoms with Crippen LogP contribution < -0.4 is 4.90 Å². The van der Waals surface area contributed by atoms with Crippen molar-refractivity contribution in [1.29, 1.82) is 0 Å².